The maximum Gasteiger partial charge on any atom is 0.167 e. The number of phenols is 2. The fourth-order valence-corrected chi connectivity index (χ4v) is 2.62. The summed E-state index contributed by atoms with van der Waals surface area (Å²) < 4.78 is 5.81. The molecule has 0 saturated carbocycles. The highest BCUT2D eigenvalue weighted by Gasteiger charge is 2.20. The molecule has 0 aliphatic carbocycles. The van der Waals surface area contributed by atoms with Crippen molar-refractivity contribution in [2.45, 2.75) is 60.8 Å². The molecule has 0 aliphatic rings. The molecule has 0 aliphatic heterocycles. The average Bonchev–Trinajstić information content (AvgIpc) is 2.53. The molecule has 0 unspecified atom stereocenters. The van der Waals surface area contributed by atoms with E-state index < -0.39 is 0 Å². The quantitative estimate of drug-likeness (QED) is 0.419. The highest BCUT2D eigenvalue weighted by atomic mass is 16.5. The lowest BCUT2D eigenvalue weighted by Gasteiger charge is -2.15. The first-order valence-corrected chi connectivity index (χ1v) is 9.27. The van der Waals surface area contributed by atoms with Crippen molar-refractivity contribution in [3.63, 3.8) is 0 Å². The van der Waals surface area contributed by atoms with Crippen LogP contribution in [0, 0.1) is 0 Å². The summed E-state index contributed by atoms with van der Waals surface area (Å²) in [6, 6.07) is 1.41. The fourth-order valence-electron chi connectivity index (χ4n) is 2.62. The molecular weight excluding hydrogens is 340 g/mol. The lowest BCUT2D eigenvalue weighted by atomic mass is 10.0. The molecule has 0 bridgehead atoms. The molecule has 0 amide bonds. The number of hydrogen-bond acceptors (Lipinski definition) is 4. The number of benzene rings is 1. The Morgan fingerprint density at radius 3 is 2.19 bits per heavy atom. The molecular formula is C23H32O4. The van der Waals surface area contributed by atoms with E-state index in [-0.39, 0.29) is 22.8 Å². The molecule has 0 aromatic heterocycles. The Bertz CT molecular complexity index is 759. The van der Waals surface area contributed by atoms with E-state index in [0.717, 1.165) is 18.4 Å². The van der Waals surface area contributed by atoms with Gasteiger partial charge in [-0.2, -0.15) is 0 Å². The Morgan fingerprint density at radius 2 is 1.63 bits per heavy atom. The average molecular weight is 373 g/mol. The molecule has 0 radical (unpaired) electrons. The summed E-state index contributed by atoms with van der Waals surface area (Å²) in [7, 11) is 0. The van der Waals surface area contributed by atoms with Crippen LogP contribution in [0.2, 0.25) is 0 Å². The third kappa shape index (κ3) is 7.33. The minimum atomic E-state index is -0.384. The summed E-state index contributed by atoms with van der Waals surface area (Å²) in [4.78, 5) is 11.7. The second-order valence-corrected chi connectivity index (χ2v) is 7.32. The number of rotatable bonds is 9. The van der Waals surface area contributed by atoms with Crippen LogP contribution in [0.1, 0.15) is 70.3 Å². The van der Waals surface area contributed by atoms with Crippen LogP contribution in [0.3, 0.4) is 0 Å². The summed E-state index contributed by atoms with van der Waals surface area (Å²) in [6.45, 7) is 11.8. The second-order valence-electron chi connectivity index (χ2n) is 7.32. The van der Waals surface area contributed by atoms with Crippen molar-refractivity contribution in [3.8, 4) is 17.2 Å². The molecule has 27 heavy (non-hydrogen) atoms. The molecule has 0 atom stereocenters. The third-order valence-corrected chi connectivity index (χ3v) is 4.17. The van der Waals surface area contributed by atoms with Crippen LogP contribution in [-0.4, -0.2) is 22.6 Å². The van der Waals surface area contributed by atoms with Crippen LogP contribution < -0.4 is 4.74 Å². The van der Waals surface area contributed by atoms with E-state index in [1.165, 1.54) is 24.1 Å². The number of aromatic hydroxyl groups is 2. The van der Waals surface area contributed by atoms with Gasteiger partial charge in [-0.25, -0.2) is 0 Å². The molecule has 0 saturated heterocycles. The van der Waals surface area contributed by atoms with Gasteiger partial charge in [-0.3, -0.25) is 4.79 Å². The van der Waals surface area contributed by atoms with Crippen molar-refractivity contribution in [2.75, 3.05) is 6.61 Å². The number of ketones is 1. The smallest absolute Gasteiger partial charge is 0.167 e. The lowest BCUT2D eigenvalue weighted by molar-refractivity contribution is 0.101. The SMILES string of the molecule is CC(=O)c1c(O)cc(OCC=C(C)CCC=C(C)C)c(CC=C(C)C)c1O. The van der Waals surface area contributed by atoms with Crippen molar-refractivity contribution in [3.05, 3.63) is 52.1 Å². The first kappa shape index (κ1) is 22.6. The van der Waals surface area contributed by atoms with Gasteiger partial charge in [-0.05, 0) is 66.9 Å². The maximum absolute atomic E-state index is 11.7. The van der Waals surface area contributed by atoms with Crippen LogP contribution in [0.4, 0.5) is 0 Å². The predicted molar refractivity (Wildman–Crippen MR) is 111 cm³/mol. The lowest BCUT2D eigenvalue weighted by Crippen LogP contribution is -2.03. The van der Waals surface area contributed by atoms with Gasteiger partial charge in [-0.15, -0.1) is 0 Å². The molecule has 4 heteroatoms. The molecule has 1 aromatic carbocycles. The number of ether oxygens (including phenoxy) is 1. The summed E-state index contributed by atoms with van der Waals surface area (Å²) in [6.07, 6.45) is 8.52. The molecule has 0 fully saturated rings. The largest absolute Gasteiger partial charge is 0.507 e. The van der Waals surface area contributed by atoms with Gasteiger partial charge >= 0.3 is 0 Å². The normalized spacial score (nSPS) is 11.1. The zero-order valence-electron chi connectivity index (χ0n) is 17.3. The van der Waals surface area contributed by atoms with E-state index in [9.17, 15) is 15.0 Å². The fraction of sp³-hybridized carbons (Fsp3) is 0.435. The summed E-state index contributed by atoms with van der Waals surface area (Å²) in [5, 5.41) is 20.6. The zero-order valence-corrected chi connectivity index (χ0v) is 17.3. The van der Waals surface area contributed by atoms with Gasteiger partial charge in [0, 0.05) is 11.6 Å². The van der Waals surface area contributed by atoms with Gasteiger partial charge in [-0.1, -0.05) is 28.9 Å². The van der Waals surface area contributed by atoms with E-state index in [1.807, 2.05) is 26.0 Å². The number of carbonyl (C=O) groups excluding carboxylic acids is 1. The Balaban J connectivity index is 3.03. The topological polar surface area (TPSA) is 66.8 Å². The summed E-state index contributed by atoms with van der Waals surface area (Å²) >= 11 is 0. The first-order chi connectivity index (χ1) is 12.6. The molecule has 2 N–H and O–H groups in total. The summed E-state index contributed by atoms with van der Waals surface area (Å²) in [5.74, 6) is -0.467. The number of Topliss-reactive ketones (excluding diaryl/α,β-unsaturated/α-hetero) is 1. The van der Waals surface area contributed by atoms with Gasteiger partial charge in [0.1, 0.15) is 29.4 Å². The van der Waals surface area contributed by atoms with Crippen LogP contribution in [-0.2, 0) is 6.42 Å². The van der Waals surface area contributed by atoms with E-state index in [4.69, 9.17) is 4.74 Å². The number of hydrogen-bond donors (Lipinski definition) is 2. The number of phenolic OH excluding ortho intramolecular Hbond substituents is 2. The van der Waals surface area contributed by atoms with Crippen LogP contribution in [0.15, 0.2) is 41.0 Å². The van der Waals surface area contributed by atoms with Crippen LogP contribution >= 0.6 is 0 Å². The first-order valence-electron chi connectivity index (χ1n) is 9.27. The molecule has 148 valence electrons. The molecule has 1 aromatic rings. The Labute approximate surface area is 162 Å². The second kappa shape index (κ2) is 10.6. The third-order valence-electron chi connectivity index (χ3n) is 4.17. The molecule has 0 spiro atoms. The molecule has 0 heterocycles. The molecule has 4 nitrogen and oxygen atoms in total. The van der Waals surface area contributed by atoms with Gasteiger partial charge < -0.3 is 14.9 Å². The van der Waals surface area contributed by atoms with Gasteiger partial charge in [0.15, 0.2) is 5.78 Å². The minimum absolute atomic E-state index is 0.0621. The highest BCUT2D eigenvalue weighted by molar-refractivity contribution is 6.00. The monoisotopic (exact) mass is 372 g/mol. The van der Waals surface area contributed by atoms with Crippen molar-refractivity contribution in [2.24, 2.45) is 0 Å². The highest BCUT2D eigenvalue weighted by Crippen LogP contribution is 2.39. The van der Waals surface area contributed by atoms with E-state index in [0.29, 0.717) is 24.3 Å². The zero-order chi connectivity index (χ0) is 20.6. The van der Waals surface area contributed by atoms with Crippen LogP contribution in [0.5, 0.6) is 17.2 Å². The van der Waals surface area contributed by atoms with Gasteiger partial charge in [0.05, 0.1) is 0 Å². The minimum Gasteiger partial charge on any atom is -0.507 e. The Kier molecular flexibility index (Phi) is 8.86. The van der Waals surface area contributed by atoms with Crippen LogP contribution in [0.25, 0.3) is 0 Å². The Hall–Kier alpha value is -2.49. The number of allylic oxidation sites excluding steroid dienone is 5. The maximum atomic E-state index is 11.7. The van der Waals surface area contributed by atoms with Gasteiger partial charge in [0.25, 0.3) is 0 Å². The van der Waals surface area contributed by atoms with Gasteiger partial charge in [0.2, 0.25) is 0 Å². The van der Waals surface area contributed by atoms with Crippen molar-refractivity contribution >= 4 is 5.78 Å². The van der Waals surface area contributed by atoms with Crippen molar-refractivity contribution < 1.29 is 19.7 Å². The summed E-state index contributed by atoms with van der Waals surface area (Å²) in [5.41, 5.74) is 4.06. The Morgan fingerprint density at radius 1 is 1.00 bits per heavy atom. The van der Waals surface area contributed by atoms with E-state index in [1.54, 1.807) is 0 Å². The predicted octanol–water partition coefficient (Wildman–Crippen LogP) is 5.88. The van der Waals surface area contributed by atoms with Crippen molar-refractivity contribution in [1.82, 2.24) is 0 Å². The van der Waals surface area contributed by atoms with E-state index in [2.05, 4.69) is 26.8 Å². The molecule has 1 rings (SSSR count). The van der Waals surface area contributed by atoms with E-state index >= 15 is 0 Å². The van der Waals surface area contributed by atoms with Crippen molar-refractivity contribution in [1.29, 1.82) is 0 Å². The standard InChI is InChI=1S/C23H32O4/c1-15(2)8-7-9-17(5)12-13-27-21-14-20(25)22(18(6)24)23(26)19(21)11-10-16(3)4/h8,10,12,14,25-26H,7,9,11,13H2,1-6H3. The number of carbonyl (C=O) groups is 1.